The summed E-state index contributed by atoms with van der Waals surface area (Å²) in [6.07, 6.45) is 0.686. The molecule has 1 N–H and O–H groups in total. The molecule has 3 rings (SSSR count). The Labute approximate surface area is 132 Å². The highest BCUT2D eigenvalue weighted by Crippen LogP contribution is 2.23. The Morgan fingerprint density at radius 3 is 2.83 bits per heavy atom. The number of amides is 1. The second-order valence-electron chi connectivity index (χ2n) is 4.88. The minimum Gasteiger partial charge on any atom is -0.495 e. The minimum absolute atomic E-state index is 0.191. The van der Waals surface area contributed by atoms with Crippen LogP contribution in [0.3, 0.4) is 0 Å². The Hall–Kier alpha value is -3.03. The van der Waals surface area contributed by atoms with Crippen LogP contribution >= 0.6 is 0 Å². The van der Waals surface area contributed by atoms with Crippen LogP contribution in [0.2, 0.25) is 0 Å². The van der Waals surface area contributed by atoms with Crippen LogP contribution in [-0.2, 0) is 6.42 Å². The van der Waals surface area contributed by atoms with Crippen molar-refractivity contribution >= 4 is 17.4 Å². The maximum atomic E-state index is 12.5. The van der Waals surface area contributed by atoms with Gasteiger partial charge in [-0.05, 0) is 19.1 Å². The molecule has 0 aliphatic heterocycles. The molecule has 8 heteroatoms. The molecule has 1 aromatic carbocycles. The van der Waals surface area contributed by atoms with Crippen molar-refractivity contribution in [3.63, 3.8) is 0 Å². The normalized spacial score (nSPS) is 10.7. The summed E-state index contributed by atoms with van der Waals surface area (Å²) in [5.74, 6) is 1.23. The zero-order valence-corrected chi connectivity index (χ0v) is 13.1. The molecule has 8 nitrogen and oxygen atoms in total. The van der Waals surface area contributed by atoms with Crippen LogP contribution in [0.5, 0.6) is 5.75 Å². The Bertz CT molecular complexity index is 874. The van der Waals surface area contributed by atoms with E-state index in [1.54, 1.807) is 26.2 Å². The number of aromatic nitrogens is 5. The van der Waals surface area contributed by atoms with Gasteiger partial charge in [-0.25, -0.2) is 0 Å². The van der Waals surface area contributed by atoms with Gasteiger partial charge in [-0.1, -0.05) is 19.1 Å². The molecule has 23 heavy (non-hydrogen) atoms. The van der Waals surface area contributed by atoms with Crippen molar-refractivity contribution in [2.75, 3.05) is 12.4 Å². The van der Waals surface area contributed by atoms with Gasteiger partial charge in [0.1, 0.15) is 5.75 Å². The molecule has 0 unspecified atom stereocenters. The average molecular weight is 312 g/mol. The van der Waals surface area contributed by atoms with Crippen LogP contribution in [0.15, 0.2) is 24.3 Å². The van der Waals surface area contributed by atoms with E-state index in [0.29, 0.717) is 35.2 Å². The van der Waals surface area contributed by atoms with Crippen LogP contribution in [0, 0.1) is 6.92 Å². The van der Waals surface area contributed by atoms with E-state index in [-0.39, 0.29) is 11.6 Å². The Morgan fingerprint density at radius 2 is 2.09 bits per heavy atom. The molecule has 2 heterocycles. The monoisotopic (exact) mass is 312 g/mol. The first-order valence-corrected chi connectivity index (χ1v) is 7.17. The number of anilines is 1. The number of ether oxygens (including phenoxy) is 1. The van der Waals surface area contributed by atoms with Crippen molar-refractivity contribution in [2.24, 2.45) is 0 Å². The van der Waals surface area contributed by atoms with Crippen molar-refractivity contribution in [3.05, 3.63) is 41.5 Å². The average Bonchev–Trinajstić information content (AvgIpc) is 3.00. The van der Waals surface area contributed by atoms with E-state index in [0.717, 1.165) is 0 Å². The van der Waals surface area contributed by atoms with Crippen LogP contribution in [0.1, 0.15) is 28.9 Å². The standard InChI is InChI=1S/C15H16N6O2/c1-4-12-17-15-19-18-13(9(2)21(15)20-12)14(22)16-10-7-5-6-8-11(10)23-3/h5-8H,4H2,1-3H3,(H,16,22). The molecule has 0 radical (unpaired) electrons. The van der Waals surface area contributed by atoms with Gasteiger partial charge in [0.05, 0.1) is 18.5 Å². The molecule has 0 saturated heterocycles. The maximum Gasteiger partial charge on any atom is 0.278 e. The van der Waals surface area contributed by atoms with Gasteiger partial charge < -0.3 is 10.1 Å². The summed E-state index contributed by atoms with van der Waals surface area (Å²) < 4.78 is 6.75. The van der Waals surface area contributed by atoms with Crippen LogP contribution in [0.4, 0.5) is 5.69 Å². The number of nitrogens with one attached hydrogen (secondary N) is 1. The van der Waals surface area contributed by atoms with Crippen molar-refractivity contribution in [1.82, 2.24) is 24.8 Å². The van der Waals surface area contributed by atoms with Crippen molar-refractivity contribution in [2.45, 2.75) is 20.3 Å². The molecule has 1 amide bonds. The number of carbonyl (C=O) groups excluding carboxylic acids is 1. The van der Waals surface area contributed by atoms with Gasteiger partial charge >= 0.3 is 0 Å². The highest BCUT2D eigenvalue weighted by molar-refractivity contribution is 6.04. The zero-order valence-electron chi connectivity index (χ0n) is 13.1. The molecule has 0 fully saturated rings. The fourth-order valence-corrected chi connectivity index (χ4v) is 2.19. The van der Waals surface area contributed by atoms with E-state index in [1.165, 1.54) is 4.52 Å². The summed E-state index contributed by atoms with van der Waals surface area (Å²) in [7, 11) is 1.55. The first-order valence-electron chi connectivity index (χ1n) is 7.17. The molecule has 0 bridgehead atoms. The number of rotatable bonds is 4. The first-order chi connectivity index (χ1) is 11.1. The summed E-state index contributed by atoms with van der Waals surface area (Å²) in [5.41, 5.74) is 1.33. The summed E-state index contributed by atoms with van der Waals surface area (Å²) in [4.78, 5) is 16.7. The summed E-state index contributed by atoms with van der Waals surface area (Å²) in [5, 5.41) is 15.0. The zero-order chi connectivity index (χ0) is 16.4. The molecule has 0 spiro atoms. The van der Waals surface area contributed by atoms with Gasteiger partial charge in [-0.2, -0.15) is 9.50 Å². The number of fused-ring (bicyclic) bond motifs is 1. The number of benzene rings is 1. The van der Waals surface area contributed by atoms with E-state index >= 15 is 0 Å². The Balaban J connectivity index is 1.96. The molecular formula is C15H16N6O2. The van der Waals surface area contributed by atoms with Crippen LogP contribution in [0.25, 0.3) is 5.78 Å². The van der Waals surface area contributed by atoms with E-state index in [4.69, 9.17) is 4.74 Å². The molecule has 0 saturated carbocycles. The number of para-hydroxylation sites is 2. The molecule has 2 aromatic heterocycles. The summed E-state index contributed by atoms with van der Waals surface area (Å²) in [6, 6.07) is 7.16. The first kappa shape index (κ1) is 14.9. The number of hydrogen-bond donors (Lipinski definition) is 1. The fraction of sp³-hybridized carbons (Fsp3) is 0.267. The largest absolute Gasteiger partial charge is 0.495 e. The van der Waals surface area contributed by atoms with Crippen molar-refractivity contribution in [3.8, 4) is 5.75 Å². The number of hydrogen-bond acceptors (Lipinski definition) is 6. The number of nitrogens with zero attached hydrogens (tertiary/aromatic N) is 5. The molecule has 0 aliphatic rings. The predicted octanol–water partition coefficient (Wildman–Crippen LogP) is 1.65. The third-order valence-electron chi connectivity index (χ3n) is 3.42. The fourth-order valence-electron chi connectivity index (χ4n) is 2.19. The molecule has 118 valence electrons. The van der Waals surface area contributed by atoms with Crippen molar-refractivity contribution < 1.29 is 9.53 Å². The second-order valence-corrected chi connectivity index (χ2v) is 4.88. The lowest BCUT2D eigenvalue weighted by atomic mass is 10.2. The van der Waals surface area contributed by atoms with Crippen LogP contribution < -0.4 is 10.1 Å². The topological polar surface area (TPSA) is 94.3 Å². The Morgan fingerprint density at radius 1 is 1.30 bits per heavy atom. The third-order valence-corrected chi connectivity index (χ3v) is 3.42. The second kappa shape index (κ2) is 5.99. The van der Waals surface area contributed by atoms with Gasteiger partial charge in [0.15, 0.2) is 11.5 Å². The van der Waals surface area contributed by atoms with E-state index < -0.39 is 0 Å². The quantitative estimate of drug-likeness (QED) is 0.787. The van der Waals surface area contributed by atoms with Gasteiger partial charge in [0.2, 0.25) is 0 Å². The lowest BCUT2D eigenvalue weighted by Gasteiger charge is -2.10. The Kier molecular flexibility index (Phi) is 3.88. The van der Waals surface area contributed by atoms with E-state index in [1.807, 2.05) is 19.1 Å². The molecular weight excluding hydrogens is 296 g/mol. The van der Waals surface area contributed by atoms with Crippen LogP contribution in [-0.4, -0.2) is 37.8 Å². The summed E-state index contributed by atoms with van der Waals surface area (Å²) >= 11 is 0. The number of aryl methyl sites for hydroxylation is 2. The highest BCUT2D eigenvalue weighted by Gasteiger charge is 2.18. The smallest absolute Gasteiger partial charge is 0.278 e. The number of carbonyl (C=O) groups is 1. The molecule has 3 aromatic rings. The third kappa shape index (κ3) is 2.70. The lowest BCUT2D eigenvalue weighted by molar-refractivity contribution is 0.101. The lowest BCUT2D eigenvalue weighted by Crippen LogP contribution is -2.19. The highest BCUT2D eigenvalue weighted by atomic mass is 16.5. The van der Waals surface area contributed by atoms with E-state index in [9.17, 15) is 4.79 Å². The van der Waals surface area contributed by atoms with Crippen molar-refractivity contribution in [1.29, 1.82) is 0 Å². The molecule has 0 aliphatic carbocycles. The minimum atomic E-state index is -0.380. The van der Waals surface area contributed by atoms with Gasteiger partial charge in [-0.3, -0.25) is 4.79 Å². The maximum absolute atomic E-state index is 12.5. The predicted molar refractivity (Wildman–Crippen MR) is 83.6 cm³/mol. The summed E-state index contributed by atoms with van der Waals surface area (Å²) in [6.45, 7) is 3.71. The van der Waals surface area contributed by atoms with Gasteiger partial charge in [0.25, 0.3) is 11.7 Å². The van der Waals surface area contributed by atoms with E-state index in [2.05, 4.69) is 25.6 Å². The van der Waals surface area contributed by atoms with Gasteiger partial charge in [0, 0.05) is 6.42 Å². The molecule has 0 atom stereocenters. The van der Waals surface area contributed by atoms with Gasteiger partial charge in [-0.15, -0.1) is 15.3 Å². The number of methoxy groups -OCH3 is 1. The SMILES string of the molecule is CCc1nc2nnc(C(=O)Nc3ccccc3OC)c(C)n2n1.